The molecule has 0 amide bonds. The molecule has 6 saturated carbocycles. The molecule has 6 fully saturated rings. The first-order chi connectivity index (χ1) is 6.82. The molecule has 6 aliphatic rings. The van der Waals surface area contributed by atoms with Crippen LogP contribution < -0.4 is 0 Å². The maximum absolute atomic E-state index is 2.08. The summed E-state index contributed by atoms with van der Waals surface area (Å²) in [6.07, 6.45) is 12.7. The third kappa shape index (κ3) is 0.355. The van der Waals surface area contributed by atoms with Gasteiger partial charge in [-0.25, -0.2) is 0 Å². The van der Waals surface area contributed by atoms with Gasteiger partial charge in [-0.1, -0.05) is 11.1 Å². The van der Waals surface area contributed by atoms with E-state index in [1.807, 2.05) is 0 Å². The van der Waals surface area contributed by atoms with Gasteiger partial charge in [-0.3, -0.25) is 0 Å². The molecule has 6 aliphatic carbocycles. The molecule has 0 heteroatoms. The molecule has 0 aliphatic heterocycles. The minimum Gasteiger partial charge on any atom is -0.0557 e. The maximum atomic E-state index is 2.08. The SMILES string of the molecule is C1CC12C(=C1C3(CC3)C13CC3)C21CC1. The Hall–Kier alpha value is -0.260. The molecule has 0 saturated heterocycles. The van der Waals surface area contributed by atoms with Crippen LogP contribution in [0, 0.1) is 21.7 Å². The normalized spacial score (nSPS) is 46.3. The first-order valence-electron chi connectivity index (χ1n) is 6.58. The van der Waals surface area contributed by atoms with Crippen molar-refractivity contribution in [3.63, 3.8) is 0 Å². The van der Waals surface area contributed by atoms with Gasteiger partial charge in [0.2, 0.25) is 0 Å². The van der Waals surface area contributed by atoms with E-state index in [2.05, 4.69) is 11.1 Å². The van der Waals surface area contributed by atoms with Crippen LogP contribution in [0.1, 0.15) is 51.4 Å². The summed E-state index contributed by atoms with van der Waals surface area (Å²) in [7, 11) is 0. The largest absolute Gasteiger partial charge is 0.0557 e. The van der Waals surface area contributed by atoms with Crippen molar-refractivity contribution in [3.05, 3.63) is 11.1 Å². The monoisotopic (exact) mass is 184 g/mol. The van der Waals surface area contributed by atoms with E-state index in [1.165, 1.54) is 0 Å². The van der Waals surface area contributed by atoms with Gasteiger partial charge in [0.25, 0.3) is 0 Å². The molecule has 0 atom stereocenters. The molecule has 0 radical (unpaired) electrons. The van der Waals surface area contributed by atoms with Crippen LogP contribution in [0.5, 0.6) is 0 Å². The van der Waals surface area contributed by atoms with E-state index < -0.39 is 0 Å². The Morgan fingerprint density at radius 2 is 0.643 bits per heavy atom. The Morgan fingerprint density at radius 3 is 0.786 bits per heavy atom. The lowest BCUT2D eigenvalue weighted by Crippen LogP contribution is -1.70. The summed E-state index contributed by atoms with van der Waals surface area (Å²) in [6.45, 7) is 0. The molecule has 0 N–H and O–H groups in total. The summed E-state index contributed by atoms with van der Waals surface area (Å²) in [5, 5.41) is 0. The van der Waals surface area contributed by atoms with Gasteiger partial charge in [0.15, 0.2) is 0 Å². The van der Waals surface area contributed by atoms with Crippen LogP contribution in [0.25, 0.3) is 0 Å². The highest BCUT2D eigenvalue weighted by Crippen LogP contribution is 3.02. The number of fused-ring (bicyclic) bond motifs is 2. The fourth-order valence-corrected chi connectivity index (χ4v) is 5.64. The summed E-state index contributed by atoms with van der Waals surface area (Å²) in [4.78, 5) is 0. The van der Waals surface area contributed by atoms with Crippen molar-refractivity contribution in [1.29, 1.82) is 0 Å². The van der Waals surface area contributed by atoms with Crippen molar-refractivity contribution >= 4 is 0 Å². The number of rotatable bonds is 0. The molecule has 0 aromatic heterocycles. The predicted octanol–water partition coefficient (Wildman–Crippen LogP) is 3.43. The molecule has 14 heavy (non-hydrogen) atoms. The zero-order chi connectivity index (χ0) is 8.81. The van der Waals surface area contributed by atoms with Crippen LogP contribution in [0.15, 0.2) is 11.1 Å². The van der Waals surface area contributed by atoms with Gasteiger partial charge in [-0.05, 0) is 51.4 Å². The maximum Gasteiger partial charge on any atom is 0.00154 e. The molecule has 0 aromatic carbocycles. The molecule has 4 spiro atoms. The third-order valence-corrected chi connectivity index (χ3v) is 6.87. The second-order valence-electron chi connectivity index (χ2n) is 7.08. The van der Waals surface area contributed by atoms with Crippen LogP contribution in [0.4, 0.5) is 0 Å². The van der Waals surface area contributed by atoms with E-state index >= 15 is 0 Å². The minimum absolute atomic E-state index is 0.879. The second-order valence-corrected chi connectivity index (χ2v) is 7.08. The fraction of sp³-hybridized carbons (Fsp3) is 0.857. The average molecular weight is 184 g/mol. The third-order valence-electron chi connectivity index (χ3n) is 6.87. The molecule has 0 aromatic rings. The van der Waals surface area contributed by atoms with Crippen molar-refractivity contribution in [2.45, 2.75) is 51.4 Å². The highest BCUT2D eigenvalue weighted by atomic mass is 15.0. The lowest BCUT2D eigenvalue weighted by Gasteiger charge is -1.75. The molecule has 0 nitrogen and oxygen atoms in total. The van der Waals surface area contributed by atoms with Gasteiger partial charge in [0.05, 0.1) is 0 Å². The van der Waals surface area contributed by atoms with Gasteiger partial charge in [0.1, 0.15) is 0 Å². The van der Waals surface area contributed by atoms with Crippen LogP contribution in [-0.4, -0.2) is 0 Å². The molecule has 72 valence electrons. The van der Waals surface area contributed by atoms with Gasteiger partial charge in [-0.2, -0.15) is 0 Å². The van der Waals surface area contributed by atoms with Crippen molar-refractivity contribution in [3.8, 4) is 0 Å². The second kappa shape index (κ2) is 1.23. The minimum atomic E-state index is 0.879. The zero-order valence-corrected chi connectivity index (χ0v) is 8.66. The number of hydrogen-bond donors (Lipinski definition) is 0. The Labute approximate surface area is 84.8 Å². The van der Waals surface area contributed by atoms with E-state index in [0.717, 1.165) is 21.7 Å². The quantitative estimate of drug-likeness (QED) is 0.506. The summed E-state index contributed by atoms with van der Waals surface area (Å²) in [5.74, 6) is 0. The first-order valence-corrected chi connectivity index (χ1v) is 6.58. The standard InChI is InChI=1S/C14H16/c1-2-11(1)9(12(11)3-4-12)10-13(5-6-13)14(10)7-8-14/h1-8H2. The van der Waals surface area contributed by atoms with Gasteiger partial charge in [0, 0.05) is 21.7 Å². The van der Waals surface area contributed by atoms with Crippen molar-refractivity contribution in [2.75, 3.05) is 0 Å². The van der Waals surface area contributed by atoms with Gasteiger partial charge < -0.3 is 0 Å². The lowest BCUT2D eigenvalue weighted by atomic mass is 10.3. The molecular formula is C14H16. The predicted molar refractivity (Wildman–Crippen MR) is 53.7 cm³/mol. The van der Waals surface area contributed by atoms with Crippen LogP contribution in [-0.2, 0) is 0 Å². The lowest BCUT2D eigenvalue weighted by molar-refractivity contribution is 0.716. The Morgan fingerprint density at radius 1 is 0.429 bits per heavy atom. The average Bonchev–Trinajstić information content (AvgIpc) is 3.04. The molecule has 0 unspecified atom stereocenters. The van der Waals surface area contributed by atoms with Gasteiger partial charge in [-0.15, -0.1) is 0 Å². The summed E-state index contributed by atoms with van der Waals surface area (Å²) in [5.41, 5.74) is 7.68. The van der Waals surface area contributed by atoms with Crippen LogP contribution in [0.3, 0.4) is 0 Å². The van der Waals surface area contributed by atoms with E-state index in [4.69, 9.17) is 0 Å². The van der Waals surface area contributed by atoms with E-state index in [1.54, 1.807) is 51.4 Å². The first kappa shape index (κ1) is 6.35. The van der Waals surface area contributed by atoms with E-state index in [-0.39, 0.29) is 0 Å². The fourth-order valence-electron chi connectivity index (χ4n) is 5.64. The number of hydrogen-bond acceptors (Lipinski definition) is 0. The van der Waals surface area contributed by atoms with Crippen molar-refractivity contribution in [2.24, 2.45) is 21.7 Å². The topological polar surface area (TPSA) is 0 Å². The molecule has 0 heterocycles. The van der Waals surface area contributed by atoms with Gasteiger partial charge >= 0.3 is 0 Å². The Balaban J connectivity index is 1.65. The summed E-state index contributed by atoms with van der Waals surface area (Å²) < 4.78 is 0. The smallest absolute Gasteiger partial charge is 0.00154 e. The molecule has 0 bridgehead atoms. The number of allylic oxidation sites excluding steroid dienone is 2. The van der Waals surface area contributed by atoms with E-state index in [9.17, 15) is 0 Å². The van der Waals surface area contributed by atoms with Crippen LogP contribution in [0.2, 0.25) is 0 Å². The zero-order valence-electron chi connectivity index (χ0n) is 8.66. The molecule has 6 rings (SSSR count). The molecular weight excluding hydrogens is 168 g/mol. The van der Waals surface area contributed by atoms with Crippen molar-refractivity contribution in [1.82, 2.24) is 0 Å². The van der Waals surface area contributed by atoms with Crippen molar-refractivity contribution < 1.29 is 0 Å². The summed E-state index contributed by atoms with van der Waals surface area (Å²) >= 11 is 0. The summed E-state index contributed by atoms with van der Waals surface area (Å²) in [6, 6.07) is 0. The highest BCUT2D eigenvalue weighted by molar-refractivity contribution is 5.71. The van der Waals surface area contributed by atoms with Crippen LogP contribution >= 0.6 is 0 Å². The Bertz CT molecular complexity index is 353. The van der Waals surface area contributed by atoms with E-state index in [0.29, 0.717) is 0 Å². The highest BCUT2D eigenvalue weighted by Gasteiger charge is 2.92. The Kier molecular flexibility index (Phi) is 0.559.